The molecule has 2 amide bonds. The highest BCUT2D eigenvalue weighted by Gasteiger charge is 2.37. The number of rotatable bonds is 4. The molecule has 2 N–H and O–H groups in total. The molecule has 0 unspecified atom stereocenters. The molecule has 4 rings (SSSR count). The first-order valence-corrected chi connectivity index (χ1v) is 9.72. The first kappa shape index (κ1) is 17.7. The Morgan fingerprint density at radius 2 is 1.67 bits per heavy atom. The van der Waals surface area contributed by atoms with Crippen LogP contribution in [-0.4, -0.2) is 41.9 Å². The average Bonchev–Trinajstić information content (AvgIpc) is 3.41. The Morgan fingerprint density at radius 3 is 2.37 bits per heavy atom. The Kier molecular flexibility index (Phi) is 5.21. The molecule has 140 valence electrons. The van der Waals surface area contributed by atoms with E-state index in [1.54, 1.807) is 4.90 Å². The van der Waals surface area contributed by atoms with E-state index in [4.69, 9.17) is 0 Å². The SMILES string of the molecule is O=C(Nc1ccc(-c2ccccc2)cc1)[C@@H]1CCCN1C(=O)[C@@H]1CCCN1. The first-order chi connectivity index (χ1) is 13.2. The maximum atomic E-state index is 12.8. The van der Waals surface area contributed by atoms with Crippen LogP contribution >= 0.6 is 0 Å². The molecule has 2 fully saturated rings. The largest absolute Gasteiger partial charge is 0.329 e. The molecule has 0 aliphatic carbocycles. The third-order valence-electron chi connectivity index (χ3n) is 5.46. The smallest absolute Gasteiger partial charge is 0.247 e. The Bertz CT molecular complexity index is 798. The van der Waals surface area contributed by atoms with Crippen LogP contribution < -0.4 is 10.6 Å². The number of benzene rings is 2. The lowest BCUT2D eigenvalue weighted by Crippen LogP contribution is -2.49. The molecule has 2 atom stereocenters. The predicted molar refractivity (Wildman–Crippen MR) is 106 cm³/mol. The van der Waals surface area contributed by atoms with Crippen molar-refractivity contribution in [2.45, 2.75) is 37.8 Å². The summed E-state index contributed by atoms with van der Waals surface area (Å²) in [6.07, 6.45) is 3.50. The van der Waals surface area contributed by atoms with Crippen molar-refractivity contribution in [2.75, 3.05) is 18.4 Å². The molecule has 2 aliphatic rings. The minimum absolute atomic E-state index is 0.0737. The maximum Gasteiger partial charge on any atom is 0.247 e. The van der Waals surface area contributed by atoms with E-state index in [9.17, 15) is 9.59 Å². The zero-order chi connectivity index (χ0) is 18.6. The Balaban J connectivity index is 1.41. The van der Waals surface area contributed by atoms with E-state index in [1.165, 1.54) is 0 Å². The third-order valence-corrected chi connectivity index (χ3v) is 5.46. The highest BCUT2D eigenvalue weighted by Crippen LogP contribution is 2.24. The number of anilines is 1. The molecule has 2 aromatic carbocycles. The van der Waals surface area contributed by atoms with Crippen LogP contribution in [0.1, 0.15) is 25.7 Å². The summed E-state index contributed by atoms with van der Waals surface area (Å²) < 4.78 is 0. The Labute approximate surface area is 159 Å². The highest BCUT2D eigenvalue weighted by atomic mass is 16.2. The van der Waals surface area contributed by atoms with Gasteiger partial charge >= 0.3 is 0 Å². The molecule has 2 aromatic rings. The van der Waals surface area contributed by atoms with Gasteiger partial charge in [-0.1, -0.05) is 42.5 Å². The van der Waals surface area contributed by atoms with Gasteiger partial charge in [-0.2, -0.15) is 0 Å². The molecule has 2 heterocycles. The number of nitrogens with one attached hydrogen (secondary N) is 2. The summed E-state index contributed by atoms with van der Waals surface area (Å²) >= 11 is 0. The number of hydrogen-bond acceptors (Lipinski definition) is 3. The van der Waals surface area contributed by atoms with Gasteiger partial charge in [0.25, 0.3) is 0 Å². The summed E-state index contributed by atoms with van der Waals surface area (Å²) in [5.41, 5.74) is 3.02. The van der Waals surface area contributed by atoms with Gasteiger partial charge in [0.15, 0.2) is 0 Å². The molecular weight excluding hydrogens is 338 g/mol. The summed E-state index contributed by atoms with van der Waals surface area (Å²) in [6, 6.07) is 17.5. The molecule has 5 nitrogen and oxygen atoms in total. The molecular formula is C22H25N3O2. The Hall–Kier alpha value is -2.66. The van der Waals surface area contributed by atoms with Crippen LogP contribution in [0.5, 0.6) is 0 Å². The van der Waals surface area contributed by atoms with Crippen molar-refractivity contribution < 1.29 is 9.59 Å². The Morgan fingerprint density at radius 1 is 0.926 bits per heavy atom. The van der Waals surface area contributed by atoms with Crippen molar-refractivity contribution >= 4 is 17.5 Å². The van der Waals surface area contributed by atoms with E-state index in [-0.39, 0.29) is 23.9 Å². The fourth-order valence-electron chi connectivity index (χ4n) is 4.00. The summed E-state index contributed by atoms with van der Waals surface area (Å²) in [5.74, 6) is -0.0177. The van der Waals surface area contributed by atoms with Crippen molar-refractivity contribution in [3.63, 3.8) is 0 Å². The molecule has 2 aliphatic heterocycles. The lowest BCUT2D eigenvalue weighted by molar-refractivity contribution is -0.138. The van der Waals surface area contributed by atoms with Crippen LogP contribution in [-0.2, 0) is 9.59 Å². The molecule has 0 saturated carbocycles. The van der Waals surface area contributed by atoms with E-state index in [2.05, 4.69) is 22.8 Å². The molecule has 0 aromatic heterocycles. The molecule has 0 radical (unpaired) electrons. The van der Waals surface area contributed by atoms with E-state index in [0.717, 1.165) is 49.0 Å². The monoisotopic (exact) mass is 363 g/mol. The zero-order valence-corrected chi connectivity index (χ0v) is 15.4. The number of hydrogen-bond donors (Lipinski definition) is 2. The van der Waals surface area contributed by atoms with Gasteiger partial charge < -0.3 is 15.5 Å². The summed E-state index contributed by atoms with van der Waals surface area (Å²) in [7, 11) is 0. The molecule has 0 bridgehead atoms. The fraction of sp³-hybridized carbons (Fsp3) is 0.364. The fourth-order valence-corrected chi connectivity index (χ4v) is 4.00. The molecule has 2 saturated heterocycles. The summed E-state index contributed by atoms with van der Waals surface area (Å²) in [6.45, 7) is 1.55. The van der Waals surface area contributed by atoms with Gasteiger partial charge in [-0.05, 0) is 55.5 Å². The van der Waals surface area contributed by atoms with Crippen LogP contribution in [0.4, 0.5) is 5.69 Å². The van der Waals surface area contributed by atoms with Gasteiger partial charge in [-0.3, -0.25) is 9.59 Å². The van der Waals surface area contributed by atoms with Gasteiger partial charge in [0.05, 0.1) is 6.04 Å². The topological polar surface area (TPSA) is 61.4 Å². The van der Waals surface area contributed by atoms with E-state index >= 15 is 0 Å². The first-order valence-electron chi connectivity index (χ1n) is 9.72. The standard InChI is InChI=1S/C22H25N3O2/c26-21(20-9-5-15-25(20)22(27)19-8-4-14-23-19)24-18-12-10-17(11-13-18)16-6-2-1-3-7-16/h1-3,6-7,10-13,19-20,23H,4-5,8-9,14-15H2,(H,24,26)/t19-,20-/m0/s1. The second-order valence-corrected chi connectivity index (χ2v) is 7.27. The number of nitrogens with zero attached hydrogens (tertiary/aromatic N) is 1. The average molecular weight is 363 g/mol. The highest BCUT2D eigenvalue weighted by molar-refractivity contribution is 5.98. The van der Waals surface area contributed by atoms with E-state index in [1.807, 2.05) is 42.5 Å². The molecule has 0 spiro atoms. The number of likely N-dealkylation sites (tertiary alicyclic amines) is 1. The van der Waals surface area contributed by atoms with Crippen LogP contribution in [0.3, 0.4) is 0 Å². The quantitative estimate of drug-likeness (QED) is 0.878. The normalized spacial score (nSPS) is 22.0. The predicted octanol–water partition coefficient (Wildman–Crippen LogP) is 3.04. The van der Waals surface area contributed by atoms with Gasteiger partial charge in [0.1, 0.15) is 6.04 Å². The second kappa shape index (κ2) is 7.92. The minimum Gasteiger partial charge on any atom is -0.329 e. The number of carbonyl (C=O) groups excluding carboxylic acids is 2. The van der Waals surface area contributed by atoms with Gasteiger partial charge in [0, 0.05) is 12.2 Å². The van der Waals surface area contributed by atoms with Crippen molar-refractivity contribution in [3.8, 4) is 11.1 Å². The van der Waals surface area contributed by atoms with Crippen molar-refractivity contribution in [1.29, 1.82) is 0 Å². The van der Waals surface area contributed by atoms with Crippen LogP contribution in [0.15, 0.2) is 54.6 Å². The van der Waals surface area contributed by atoms with Crippen molar-refractivity contribution in [1.82, 2.24) is 10.2 Å². The minimum atomic E-state index is -0.367. The molecule has 27 heavy (non-hydrogen) atoms. The summed E-state index contributed by atoms with van der Waals surface area (Å²) in [5, 5.41) is 6.23. The lowest BCUT2D eigenvalue weighted by atomic mass is 10.1. The van der Waals surface area contributed by atoms with Gasteiger partial charge in [-0.25, -0.2) is 0 Å². The zero-order valence-electron chi connectivity index (χ0n) is 15.4. The second-order valence-electron chi connectivity index (χ2n) is 7.27. The number of amides is 2. The van der Waals surface area contributed by atoms with Crippen molar-refractivity contribution in [3.05, 3.63) is 54.6 Å². The van der Waals surface area contributed by atoms with E-state index < -0.39 is 0 Å². The van der Waals surface area contributed by atoms with Crippen LogP contribution in [0, 0.1) is 0 Å². The third kappa shape index (κ3) is 3.88. The van der Waals surface area contributed by atoms with Crippen LogP contribution in [0.25, 0.3) is 11.1 Å². The van der Waals surface area contributed by atoms with Crippen LogP contribution in [0.2, 0.25) is 0 Å². The van der Waals surface area contributed by atoms with E-state index in [0.29, 0.717) is 6.54 Å². The maximum absolute atomic E-state index is 12.8. The van der Waals surface area contributed by atoms with Gasteiger partial charge in [0.2, 0.25) is 11.8 Å². The lowest BCUT2D eigenvalue weighted by Gasteiger charge is -2.26. The summed E-state index contributed by atoms with van der Waals surface area (Å²) in [4.78, 5) is 27.2. The van der Waals surface area contributed by atoms with Gasteiger partial charge in [-0.15, -0.1) is 0 Å². The number of carbonyl (C=O) groups is 2. The van der Waals surface area contributed by atoms with Crippen molar-refractivity contribution in [2.24, 2.45) is 0 Å². The molecule has 5 heteroatoms.